The lowest BCUT2D eigenvalue weighted by Crippen LogP contribution is -2.41. The van der Waals surface area contributed by atoms with Gasteiger partial charge >= 0.3 is 12.0 Å². The number of rotatable bonds is 1. The molecule has 0 radical (unpaired) electrons. The van der Waals surface area contributed by atoms with Gasteiger partial charge in [0.1, 0.15) is 25.0 Å². The van der Waals surface area contributed by atoms with Crippen molar-refractivity contribution in [2.75, 3.05) is 6.61 Å². The van der Waals surface area contributed by atoms with Crippen molar-refractivity contribution >= 4 is 5.97 Å². The third-order valence-corrected chi connectivity index (χ3v) is 3.54. The molecule has 2 aliphatic rings. The van der Waals surface area contributed by atoms with E-state index < -0.39 is 0 Å². The summed E-state index contributed by atoms with van der Waals surface area (Å²) in [6.45, 7) is 3.29. The Balaban J connectivity index is 1.89. The summed E-state index contributed by atoms with van der Waals surface area (Å²) < 4.78 is 18.4. The molecular formula is C13H16N2O5. The minimum absolute atomic E-state index is 0.212. The normalized spacial score (nSPS) is 28.0. The van der Waals surface area contributed by atoms with Gasteiger partial charge in [-0.15, -0.1) is 0 Å². The molecule has 0 N–H and O–H groups in total. The van der Waals surface area contributed by atoms with Crippen LogP contribution in [0.5, 0.6) is 6.01 Å². The highest BCUT2D eigenvalue weighted by Gasteiger charge is 2.38. The Morgan fingerprint density at radius 1 is 1.50 bits per heavy atom. The average Bonchev–Trinajstić information content (AvgIpc) is 2.53. The summed E-state index contributed by atoms with van der Waals surface area (Å²) in [4.78, 5) is 26.6. The fourth-order valence-corrected chi connectivity index (χ4v) is 2.57. The number of carbonyl (C=O) groups is 1. The number of esters is 1. The minimum Gasteiger partial charge on any atom is -0.462 e. The summed E-state index contributed by atoms with van der Waals surface area (Å²) in [6, 6.07) is 0.261. The Bertz CT molecular complexity index is 597. The molecule has 1 saturated heterocycles. The predicted octanol–water partition coefficient (Wildman–Crippen LogP) is 0.553. The zero-order chi connectivity index (χ0) is 14.3. The smallest absolute Gasteiger partial charge is 0.302 e. The zero-order valence-electron chi connectivity index (χ0n) is 11.4. The molecule has 0 aromatic carbocycles. The summed E-state index contributed by atoms with van der Waals surface area (Å²) in [5, 5.41) is 0. The number of carbonyl (C=O) groups excluding carboxylic acids is 1. The first-order valence-electron chi connectivity index (χ1n) is 6.60. The second-order valence-corrected chi connectivity index (χ2v) is 5.08. The van der Waals surface area contributed by atoms with Crippen molar-refractivity contribution in [3.05, 3.63) is 22.1 Å². The molecule has 0 saturated carbocycles. The van der Waals surface area contributed by atoms with Gasteiger partial charge in [0.15, 0.2) is 0 Å². The van der Waals surface area contributed by atoms with Gasteiger partial charge in [-0.2, -0.15) is 4.98 Å². The van der Waals surface area contributed by atoms with E-state index in [-0.39, 0.29) is 42.6 Å². The Kier molecular flexibility index (Phi) is 3.21. The number of hydrogen-bond donors (Lipinski definition) is 0. The highest BCUT2D eigenvalue weighted by atomic mass is 16.6. The maximum atomic E-state index is 11.6. The van der Waals surface area contributed by atoms with Gasteiger partial charge in [-0.25, -0.2) is 0 Å². The van der Waals surface area contributed by atoms with E-state index in [1.54, 1.807) is 17.7 Å². The van der Waals surface area contributed by atoms with Crippen LogP contribution in [-0.2, 0) is 14.3 Å². The van der Waals surface area contributed by atoms with Crippen molar-refractivity contribution in [1.82, 2.24) is 9.55 Å². The Morgan fingerprint density at radius 2 is 2.30 bits per heavy atom. The molecule has 0 spiro atoms. The van der Waals surface area contributed by atoms with Crippen LogP contribution in [0.1, 0.15) is 31.6 Å². The first kappa shape index (κ1) is 13.1. The van der Waals surface area contributed by atoms with Gasteiger partial charge in [0.05, 0.1) is 0 Å². The molecule has 0 unspecified atom stereocenters. The fourth-order valence-electron chi connectivity index (χ4n) is 2.57. The molecule has 1 aromatic rings. The molecule has 3 atom stereocenters. The van der Waals surface area contributed by atoms with Crippen LogP contribution in [0, 0.1) is 6.92 Å². The van der Waals surface area contributed by atoms with E-state index in [1.807, 2.05) is 0 Å². The minimum atomic E-state index is -0.338. The molecule has 2 bridgehead atoms. The lowest BCUT2D eigenvalue weighted by molar-refractivity contribution is -0.178. The second-order valence-electron chi connectivity index (χ2n) is 5.08. The average molecular weight is 280 g/mol. The van der Waals surface area contributed by atoms with Gasteiger partial charge in [0, 0.05) is 18.7 Å². The highest BCUT2D eigenvalue weighted by Crippen LogP contribution is 2.33. The van der Waals surface area contributed by atoms with Crippen LogP contribution in [0.4, 0.5) is 0 Å². The number of nitrogens with zero attached hydrogens (tertiary/aromatic N) is 2. The van der Waals surface area contributed by atoms with Crippen LogP contribution < -0.4 is 10.3 Å². The molecule has 7 nitrogen and oxygen atoms in total. The first-order chi connectivity index (χ1) is 9.54. The monoisotopic (exact) mass is 280 g/mol. The maximum absolute atomic E-state index is 11.6. The molecular weight excluding hydrogens is 264 g/mol. The molecule has 3 heterocycles. The van der Waals surface area contributed by atoms with Crippen molar-refractivity contribution in [3.8, 4) is 6.01 Å². The molecule has 3 rings (SSSR count). The van der Waals surface area contributed by atoms with Crippen LogP contribution in [0.25, 0.3) is 0 Å². The Morgan fingerprint density at radius 3 is 3.05 bits per heavy atom. The first-order valence-corrected chi connectivity index (χ1v) is 6.60. The summed E-state index contributed by atoms with van der Waals surface area (Å²) >= 11 is 0. The molecule has 0 amide bonds. The summed E-state index contributed by atoms with van der Waals surface area (Å²) in [5.74, 6) is -0.331. The van der Waals surface area contributed by atoms with E-state index in [4.69, 9.17) is 14.2 Å². The van der Waals surface area contributed by atoms with Gasteiger partial charge < -0.3 is 14.2 Å². The largest absolute Gasteiger partial charge is 0.462 e. The lowest BCUT2D eigenvalue weighted by Gasteiger charge is -2.33. The van der Waals surface area contributed by atoms with Gasteiger partial charge in [-0.1, -0.05) is 0 Å². The van der Waals surface area contributed by atoms with Crippen molar-refractivity contribution in [3.63, 3.8) is 0 Å². The molecule has 108 valence electrons. The van der Waals surface area contributed by atoms with Crippen LogP contribution in [0.15, 0.2) is 11.0 Å². The van der Waals surface area contributed by atoms with Crippen LogP contribution in [0.3, 0.4) is 0 Å². The highest BCUT2D eigenvalue weighted by molar-refractivity contribution is 5.66. The Labute approximate surface area is 115 Å². The number of fused-ring (bicyclic) bond motifs is 4. The number of aromatic nitrogens is 2. The van der Waals surface area contributed by atoms with Crippen LogP contribution in [-0.4, -0.2) is 34.3 Å². The van der Waals surface area contributed by atoms with Gasteiger partial charge in [-0.05, 0) is 19.8 Å². The standard InChI is InChI=1S/C13H16N2O5/c1-7-5-15-11-4-3-9(19-8(2)16)10(20-11)6-18-13(15)14-12(7)17/h5,9-11H,3-4,6H2,1-2H3/t9-,10+,11+/m1/s1. The quantitative estimate of drug-likeness (QED) is 0.699. The lowest BCUT2D eigenvalue weighted by atomic mass is 10.0. The second kappa shape index (κ2) is 4.90. The maximum Gasteiger partial charge on any atom is 0.302 e. The summed E-state index contributed by atoms with van der Waals surface area (Å²) in [6.07, 6.45) is 2.18. The molecule has 20 heavy (non-hydrogen) atoms. The van der Waals surface area contributed by atoms with E-state index in [2.05, 4.69) is 4.98 Å². The summed E-state index contributed by atoms with van der Waals surface area (Å²) in [7, 11) is 0. The van der Waals surface area contributed by atoms with E-state index in [0.29, 0.717) is 18.4 Å². The summed E-state index contributed by atoms with van der Waals surface area (Å²) in [5.41, 5.74) is 0.241. The topological polar surface area (TPSA) is 79.7 Å². The van der Waals surface area contributed by atoms with Crippen molar-refractivity contribution in [2.45, 2.75) is 45.1 Å². The molecule has 1 aromatic heterocycles. The zero-order valence-corrected chi connectivity index (χ0v) is 11.4. The van der Waals surface area contributed by atoms with E-state index >= 15 is 0 Å². The third-order valence-electron chi connectivity index (χ3n) is 3.54. The van der Waals surface area contributed by atoms with E-state index in [9.17, 15) is 9.59 Å². The van der Waals surface area contributed by atoms with Crippen molar-refractivity contribution in [1.29, 1.82) is 0 Å². The van der Waals surface area contributed by atoms with E-state index in [1.165, 1.54) is 6.92 Å². The van der Waals surface area contributed by atoms with Crippen molar-refractivity contribution in [2.24, 2.45) is 0 Å². The number of aryl methyl sites for hydroxylation is 1. The van der Waals surface area contributed by atoms with Crippen LogP contribution in [0.2, 0.25) is 0 Å². The number of hydrogen-bond acceptors (Lipinski definition) is 6. The van der Waals surface area contributed by atoms with Gasteiger partial charge in [-0.3, -0.25) is 14.2 Å². The van der Waals surface area contributed by atoms with Crippen molar-refractivity contribution < 1.29 is 19.0 Å². The van der Waals surface area contributed by atoms with Gasteiger partial charge in [0.2, 0.25) is 0 Å². The van der Waals surface area contributed by atoms with Crippen LogP contribution >= 0.6 is 0 Å². The molecule has 7 heteroatoms. The predicted molar refractivity (Wildman–Crippen MR) is 67.4 cm³/mol. The molecule has 1 fully saturated rings. The SMILES string of the molecule is CC(=O)O[C@@H]1CC[C@@H]2O[C@H]1COc1nc(=O)c(C)cn12. The fraction of sp³-hybridized carbons (Fsp3) is 0.615. The molecule has 0 aliphatic carbocycles. The van der Waals surface area contributed by atoms with E-state index in [0.717, 1.165) is 0 Å². The Hall–Kier alpha value is -1.89. The van der Waals surface area contributed by atoms with Gasteiger partial charge in [0.25, 0.3) is 5.56 Å². The number of ether oxygens (including phenoxy) is 3. The third kappa shape index (κ3) is 2.29. The molecule has 2 aliphatic heterocycles.